The van der Waals surface area contributed by atoms with Gasteiger partial charge >= 0.3 is 0 Å². The number of nitrogens with zero attached hydrogens (tertiary/aromatic N) is 1. The van der Waals surface area contributed by atoms with Gasteiger partial charge < -0.3 is 15.0 Å². The second kappa shape index (κ2) is 12.4. The van der Waals surface area contributed by atoms with Gasteiger partial charge in [-0.25, -0.2) is 0 Å². The van der Waals surface area contributed by atoms with Crippen molar-refractivity contribution in [3.8, 4) is 5.75 Å². The largest absolute Gasteiger partial charge is 0.484 e. The summed E-state index contributed by atoms with van der Waals surface area (Å²) in [5, 5.41) is 3.59. The predicted octanol–water partition coefficient (Wildman–Crippen LogP) is 5.88. The Labute approximate surface area is 226 Å². The van der Waals surface area contributed by atoms with E-state index in [1.54, 1.807) is 11.0 Å². The summed E-state index contributed by atoms with van der Waals surface area (Å²) in [7, 11) is 0. The number of amides is 2. The number of carbonyl (C=O) groups is 2. The van der Waals surface area contributed by atoms with Crippen LogP contribution in [0.4, 0.5) is 0 Å². The Balaban J connectivity index is 1.93. The summed E-state index contributed by atoms with van der Waals surface area (Å²) in [6.45, 7) is 5.75. The van der Waals surface area contributed by atoms with Gasteiger partial charge in [-0.15, -0.1) is 0 Å². The van der Waals surface area contributed by atoms with Crippen LogP contribution in [0.2, 0.25) is 5.02 Å². The summed E-state index contributed by atoms with van der Waals surface area (Å²) in [6.07, 6.45) is 0.364. The molecule has 3 rings (SSSR count). The molecule has 0 unspecified atom stereocenters. The molecule has 0 fully saturated rings. The number of rotatable bonds is 9. The zero-order valence-electron chi connectivity index (χ0n) is 20.1. The van der Waals surface area contributed by atoms with Crippen molar-refractivity contribution < 1.29 is 14.3 Å². The molecule has 3 aromatic carbocycles. The molecular weight excluding hydrogens is 575 g/mol. The summed E-state index contributed by atoms with van der Waals surface area (Å²) >= 11 is 8.65. The molecule has 0 radical (unpaired) electrons. The van der Waals surface area contributed by atoms with E-state index >= 15 is 0 Å². The van der Waals surface area contributed by atoms with E-state index < -0.39 is 11.6 Å². The molecule has 5 nitrogen and oxygen atoms in total. The molecule has 184 valence electrons. The van der Waals surface area contributed by atoms with E-state index in [0.717, 1.165) is 14.7 Å². The van der Waals surface area contributed by atoms with Crippen LogP contribution >= 0.6 is 34.2 Å². The van der Waals surface area contributed by atoms with Crippen LogP contribution in [0, 0.1) is 3.57 Å². The van der Waals surface area contributed by atoms with Crippen molar-refractivity contribution >= 4 is 46.0 Å². The van der Waals surface area contributed by atoms with Gasteiger partial charge in [0.25, 0.3) is 5.91 Å². The van der Waals surface area contributed by atoms with Gasteiger partial charge in [0.15, 0.2) is 6.61 Å². The summed E-state index contributed by atoms with van der Waals surface area (Å²) in [5.41, 5.74) is 1.26. The lowest BCUT2D eigenvalue weighted by Gasteiger charge is -2.34. The van der Waals surface area contributed by atoms with E-state index in [0.29, 0.717) is 17.2 Å². The van der Waals surface area contributed by atoms with Crippen molar-refractivity contribution in [3.63, 3.8) is 0 Å². The number of nitrogens with one attached hydrogen (secondary N) is 1. The molecule has 0 aliphatic heterocycles. The minimum absolute atomic E-state index is 0.184. The van der Waals surface area contributed by atoms with E-state index in [1.165, 1.54) is 0 Å². The van der Waals surface area contributed by atoms with Crippen molar-refractivity contribution in [1.29, 1.82) is 0 Å². The number of ether oxygens (including phenoxy) is 1. The molecule has 7 heteroatoms. The molecule has 3 aromatic rings. The first-order chi connectivity index (χ1) is 16.6. The van der Waals surface area contributed by atoms with Crippen molar-refractivity contribution in [2.75, 3.05) is 6.61 Å². The SMILES string of the molecule is CC(C)(C)NC(=O)[C@@H](Cc1ccccc1)N(Cc1ccccc1Cl)C(=O)COc1ccc(I)cc1. The maximum absolute atomic E-state index is 13.6. The van der Waals surface area contributed by atoms with Crippen molar-refractivity contribution in [2.45, 2.75) is 45.3 Å². The van der Waals surface area contributed by atoms with E-state index in [1.807, 2.05) is 93.6 Å². The smallest absolute Gasteiger partial charge is 0.261 e. The number of hydrogen-bond acceptors (Lipinski definition) is 3. The van der Waals surface area contributed by atoms with Gasteiger partial charge in [-0.1, -0.05) is 60.1 Å². The van der Waals surface area contributed by atoms with Crippen LogP contribution in [0.25, 0.3) is 0 Å². The first kappa shape index (κ1) is 27.0. The lowest BCUT2D eigenvalue weighted by molar-refractivity contribution is -0.143. The molecule has 0 bridgehead atoms. The average molecular weight is 605 g/mol. The molecule has 1 atom stereocenters. The van der Waals surface area contributed by atoms with Gasteiger partial charge in [0, 0.05) is 27.1 Å². The minimum Gasteiger partial charge on any atom is -0.484 e. The van der Waals surface area contributed by atoms with E-state index in [4.69, 9.17) is 16.3 Å². The van der Waals surface area contributed by atoms with Gasteiger partial charge in [0.05, 0.1) is 0 Å². The first-order valence-electron chi connectivity index (χ1n) is 11.4. The quantitative estimate of drug-likeness (QED) is 0.311. The standard InChI is InChI=1S/C28H30ClIN2O3/c1-28(2,3)31-27(34)25(17-20-9-5-4-6-10-20)32(18-21-11-7-8-12-24(21)29)26(33)19-35-23-15-13-22(30)14-16-23/h4-16,25H,17-19H2,1-3H3,(H,31,34)/t25-/m1/s1. The molecular formula is C28H30ClIN2O3. The molecule has 0 saturated heterocycles. The summed E-state index contributed by atoms with van der Waals surface area (Å²) in [4.78, 5) is 28.7. The maximum Gasteiger partial charge on any atom is 0.261 e. The van der Waals surface area contributed by atoms with E-state index in [2.05, 4.69) is 27.9 Å². The average Bonchev–Trinajstić information content (AvgIpc) is 2.81. The Morgan fingerprint density at radius 3 is 2.23 bits per heavy atom. The zero-order valence-corrected chi connectivity index (χ0v) is 23.0. The Bertz CT molecular complexity index is 1130. The molecule has 0 spiro atoms. The summed E-state index contributed by atoms with van der Waals surface area (Å²) < 4.78 is 6.87. The third-order valence-corrected chi connectivity index (χ3v) is 6.33. The molecule has 2 amide bonds. The number of halogens is 2. The lowest BCUT2D eigenvalue weighted by atomic mass is 10.0. The minimum atomic E-state index is -0.749. The van der Waals surface area contributed by atoms with Crippen LogP contribution in [0.15, 0.2) is 78.9 Å². The molecule has 0 saturated carbocycles. The van der Waals surface area contributed by atoms with Gasteiger partial charge in [0.1, 0.15) is 11.8 Å². The van der Waals surface area contributed by atoms with E-state index in [9.17, 15) is 9.59 Å². The highest BCUT2D eigenvalue weighted by atomic mass is 127. The van der Waals surface area contributed by atoms with Crippen molar-refractivity contribution in [2.24, 2.45) is 0 Å². The molecule has 1 N–H and O–H groups in total. The number of benzene rings is 3. The zero-order chi connectivity index (χ0) is 25.4. The monoisotopic (exact) mass is 604 g/mol. The predicted molar refractivity (Wildman–Crippen MR) is 148 cm³/mol. The fourth-order valence-corrected chi connectivity index (χ4v) is 4.13. The van der Waals surface area contributed by atoms with Crippen LogP contribution in [0.3, 0.4) is 0 Å². The Kier molecular flexibility index (Phi) is 9.57. The van der Waals surface area contributed by atoms with Gasteiger partial charge in [-0.2, -0.15) is 0 Å². The van der Waals surface area contributed by atoms with Crippen LogP contribution in [-0.4, -0.2) is 34.9 Å². The Morgan fingerprint density at radius 2 is 1.60 bits per heavy atom. The van der Waals surface area contributed by atoms with E-state index in [-0.39, 0.29) is 25.0 Å². The Hall–Kier alpha value is -2.58. The maximum atomic E-state index is 13.6. The fourth-order valence-electron chi connectivity index (χ4n) is 3.58. The second-order valence-electron chi connectivity index (χ2n) is 9.30. The third kappa shape index (κ3) is 8.54. The molecule has 0 aliphatic carbocycles. The normalized spacial score (nSPS) is 12.0. The number of hydrogen-bond donors (Lipinski definition) is 1. The molecule has 35 heavy (non-hydrogen) atoms. The van der Waals surface area contributed by atoms with Crippen LogP contribution < -0.4 is 10.1 Å². The number of carbonyl (C=O) groups excluding carboxylic acids is 2. The highest BCUT2D eigenvalue weighted by Gasteiger charge is 2.32. The van der Waals surface area contributed by atoms with Crippen molar-refractivity contribution in [3.05, 3.63) is 98.6 Å². The van der Waals surface area contributed by atoms with Crippen LogP contribution in [0.5, 0.6) is 5.75 Å². The first-order valence-corrected chi connectivity index (χ1v) is 12.9. The lowest BCUT2D eigenvalue weighted by Crippen LogP contribution is -2.55. The van der Waals surface area contributed by atoms with Gasteiger partial charge in [-0.05, 0) is 84.8 Å². The highest BCUT2D eigenvalue weighted by molar-refractivity contribution is 14.1. The highest BCUT2D eigenvalue weighted by Crippen LogP contribution is 2.21. The van der Waals surface area contributed by atoms with Crippen molar-refractivity contribution in [1.82, 2.24) is 10.2 Å². The topological polar surface area (TPSA) is 58.6 Å². The third-order valence-electron chi connectivity index (χ3n) is 5.24. The summed E-state index contributed by atoms with van der Waals surface area (Å²) in [6, 6.07) is 23.8. The second-order valence-corrected chi connectivity index (χ2v) is 11.0. The van der Waals surface area contributed by atoms with Gasteiger partial charge in [-0.3, -0.25) is 9.59 Å². The van der Waals surface area contributed by atoms with Crippen LogP contribution in [0.1, 0.15) is 31.9 Å². The molecule has 0 aliphatic rings. The molecule has 0 heterocycles. The molecule has 0 aromatic heterocycles. The fraction of sp³-hybridized carbons (Fsp3) is 0.286. The van der Waals surface area contributed by atoms with Crippen LogP contribution in [-0.2, 0) is 22.6 Å². The summed E-state index contributed by atoms with van der Waals surface area (Å²) in [5.74, 6) is 0.0692. The van der Waals surface area contributed by atoms with Gasteiger partial charge in [0.2, 0.25) is 5.91 Å². The Morgan fingerprint density at radius 1 is 0.971 bits per heavy atom.